The molecule has 2 aromatic carbocycles. The third kappa shape index (κ3) is 4.26. The fourth-order valence-corrected chi connectivity index (χ4v) is 5.31. The number of nitrogens with one attached hydrogen (secondary N) is 1. The van der Waals surface area contributed by atoms with Gasteiger partial charge in [-0.15, -0.1) is 0 Å². The van der Waals surface area contributed by atoms with Crippen LogP contribution in [0.25, 0.3) is 0 Å². The van der Waals surface area contributed by atoms with Gasteiger partial charge in [0.2, 0.25) is 5.91 Å². The summed E-state index contributed by atoms with van der Waals surface area (Å²) in [7, 11) is 1.58. The Morgan fingerprint density at radius 1 is 1.06 bits per heavy atom. The highest BCUT2D eigenvalue weighted by molar-refractivity contribution is 6.42. The van der Waals surface area contributed by atoms with Gasteiger partial charge in [0.1, 0.15) is 12.4 Å². The lowest BCUT2D eigenvalue weighted by Gasteiger charge is -2.36. The minimum Gasteiger partial charge on any atom is -0.366 e. The van der Waals surface area contributed by atoms with E-state index in [-0.39, 0.29) is 41.8 Å². The van der Waals surface area contributed by atoms with Gasteiger partial charge in [0.25, 0.3) is 5.91 Å². The summed E-state index contributed by atoms with van der Waals surface area (Å²) in [5, 5.41) is 3.40. The van der Waals surface area contributed by atoms with Crippen LogP contribution in [-0.2, 0) is 9.59 Å². The van der Waals surface area contributed by atoms with E-state index >= 15 is 0 Å². The standard InChI is InChI=1S/C25H24Cl2FN5O3/c1-30-19-13-33(14-20(34)32-11-9-31(10-12-32)18-8-3-2-7-17(18)28)24(35)21(19)23(29-25(30)36)15-5-4-6-16(26)22(15)27/h2-8,23H,9-14H2,1H3,(H,29,36). The number of piperazine rings is 1. The van der Waals surface area contributed by atoms with E-state index in [0.29, 0.717) is 53.7 Å². The molecule has 1 atom stereocenters. The lowest BCUT2D eigenvalue weighted by Crippen LogP contribution is -2.51. The summed E-state index contributed by atoms with van der Waals surface area (Å²) < 4.78 is 14.1. The summed E-state index contributed by atoms with van der Waals surface area (Å²) in [6, 6.07) is 10.5. The number of para-hydroxylation sites is 1. The smallest absolute Gasteiger partial charge is 0.322 e. The van der Waals surface area contributed by atoms with E-state index in [0.717, 1.165) is 0 Å². The van der Waals surface area contributed by atoms with Gasteiger partial charge in [-0.25, -0.2) is 9.18 Å². The van der Waals surface area contributed by atoms with Gasteiger partial charge in [-0.05, 0) is 23.8 Å². The second kappa shape index (κ2) is 9.63. The van der Waals surface area contributed by atoms with Crippen LogP contribution in [0.3, 0.4) is 0 Å². The van der Waals surface area contributed by atoms with Gasteiger partial charge in [0, 0.05) is 33.2 Å². The van der Waals surface area contributed by atoms with E-state index < -0.39 is 6.04 Å². The maximum atomic E-state index is 14.1. The van der Waals surface area contributed by atoms with Crippen LogP contribution in [0.5, 0.6) is 0 Å². The highest BCUT2D eigenvalue weighted by atomic mass is 35.5. The van der Waals surface area contributed by atoms with E-state index in [2.05, 4.69) is 5.32 Å². The lowest BCUT2D eigenvalue weighted by molar-refractivity contribution is -0.137. The molecular formula is C25H24Cl2FN5O3. The molecule has 1 saturated heterocycles. The maximum absolute atomic E-state index is 14.1. The Morgan fingerprint density at radius 2 is 1.78 bits per heavy atom. The molecule has 0 radical (unpaired) electrons. The Hall–Kier alpha value is -3.30. The van der Waals surface area contributed by atoms with Crippen LogP contribution in [0.4, 0.5) is 14.9 Å². The molecule has 11 heteroatoms. The third-order valence-electron chi connectivity index (χ3n) is 6.88. The van der Waals surface area contributed by atoms with E-state index in [4.69, 9.17) is 23.2 Å². The molecule has 188 valence electrons. The van der Waals surface area contributed by atoms with Gasteiger partial charge in [-0.2, -0.15) is 0 Å². The molecule has 0 aromatic heterocycles. The summed E-state index contributed by atoms with van der Waals surface area (Å²) in [6.45, 7) is 1.83. The van der Waals surface area contributed by atoms with Crippen molar-refractivity contribution >= 4 is 46.7 Å². The first-order valence-corrected chi connectivity index (χ1v) is 12.3. The quantitative estimate of drug-likeness (QED) is 0.656. The Balaban J connectivity index is 1.29. The van der Waals surface area contributed by atoms with Crippen LogP contribution in [0, 0.1) is 5.82 Å². The highest BCUT2D eigenvalue weighted by Crippen LogP contribution is 2.39. The SMILES string of the molecule is CN1C(=O)NC(c2cccc(Cl)c2Cl)C2=C1CN(CC(=O)N1CCN(c3ccccc3F)CC1)C2=O. The van der Waals surface area contributed by atoms with Gasteiger partial charge < -0.3 is 20.0 Å². The predicted octanol–water partition coefficient (Wildman–Crippen LogP) is 3.27. The van der Waals surface area contributed by atoms with Crippen molar-refractivity contribution in [1.82, 2.24) is 20.0 Å². The number of carbonyl (C=O) groups is 3. The van der Waals surface area contributed by atoms with Gasteiger partial charge in [0.15, 0.2) is 0 Å². The molecule has 0 aliphatic carbocycles. The van der Waals surface area contributed by atoms with Crippen LogP contribution in [0.15, 0.2) is 53.7 Å². The Kier molecular flexibility index (Phi) is 6.53. The van der Waals surface area contributed by atoms with E-state index in [1.165, 1.54) is 15.9 Å². The van der Waals surface area contributed by atoms with Gasteiger partial charge in [0.05, 0.1) is 39.6 Å². The monoisotopic (exact) mass is 531 g/mol. The van der Waals surface area contributed by atoms with Crippen molar-refractivity contribution in [3.8, 4) is 0 Å². The molecule has 3 aliphatic rings. The van der Waals surface area contributed by atoms with Crippen LogP contribution in [0.2, 0.25) is 10.0 Å². The summed E-state index contributed by atoms with van der Waals surface area (Å²) in [5.41, 5.74) is 1.94. The predicted molar refractivity (Wildman–Crippen MR) is 134 cm³/mol. The molecule has 36 heavy (non-hydrogen) atoms. The molecule has 1 fully saturated rings. The zero-order valence-corrected chi connectivity index (χ0v) is 21.0. The van der Waals surface area contributed by atoms with Crippen LogP contribution >= 0.6 is 23.2 Å². The number of likely N-dealkylation sites (N-methyl/N-ethyl adjacent to an activating group) is 1. The molecule has 1 N–H and O–H groups in total. The Labute approximate surface area is 217 Å². The highest BCUT2D eigenvalue weighted by Gasteiger charge is 2.44. The summed E-state index contributed by atoms with van der Waals surface area (Å²) in [5.74, 6) is -0.829. The average molecular weight is 532 g/mol. The first-order valence-electron chi connectivity index (χ1n) is 11.5. The van der Waals surface area contributed by atoms with Crippen molar-refractivity contribution in [1.29, 1.82) is 0 Å². The van der Waals surface area contributed by atoms with Crippen LogP contribution in [0.1, 0.15) is 11.6 Å². The largest absolute Gasteiger partial charge is 0.366 e. The molecule has 0 spiro atoms. The number of urea groups is 1. The second-order valence-corrected chi connectivity index (χ2v) is 9.71. The number of rotatable bonds is 4. The van der Waals surface area contributed by atoms with Gasteiger partial charge >= 0.3 is 6.03 Å². The number of anilines is 1. The van der Waals surface area contributed by atoms with E-state index in [1.807, 2.05) is 4.90 Å². The minimum atomic E-state index is -0.771. The fourth-order valence-electron chi connectivity index (χ4n) is 4.90. The summed E-state index contributed by atoms with van der Waals surface area (Å²) in [6.07, 6.45) is 0. The zero-order chi connectivity index (χ0) is 25.6. The molecule has 3 aliphatic heterocycles. The number of hydrogen-bond donors (Lipinski definition) is 1. The van der Waals surface area contributed by atoms with Crippen molar-refractivity contribution < 1.29 is 18.8 Å². The topological polar surface area (TPSA) is 76.2 Å². The normalized spacial score (nSPS) is 20.2. The summed E-state index contributed by atoms with van der Waals surface area (Å²) >= 11 is 12.6. The second-order valence-electron chi connectivity index (χ2n) is 8.93. The van der Waals surface area contributed by atoms with Gasteiger partial charge in [-0.1, -0.05) is 47.5 Å². The fraction of sp³-hybridized carbons (Fsp3) is 0.320. The molecule has 4 amide bonds. The van der Waals surface area contributed by atoms with Crippen molar-refractivity contribution in [2.24, 2.45) is 0 Å². The van der Waals surface area contributed by atoms with Crippen molar-refractivity contribution in [3.05, 3.63) is 75.2 Å². The third-order valence-corrected chi connectivity index (χ3v) is 7.71. The number of hydrogen-bond acceptors (Lipinski definition) is 4. The van der Waals surface area contributed by atoms with Gasteiger partial charge in [-0.3, -0.25) is 14.5 Å². The van der Waals surface area contributed by atoms with Crippen LogP contribution in [-0.4, -0.2) is 78.9 Å². The first kappa shape index (κ1) is 24.4. The number of amides is 4. The molecular weight excluding hydrogens is 508 g/mol. The average Bonchev–Trinajstić information content (AvgIpc) is 3.20. The molecule has 0 saturated carbocycles. The number of benzene rings is 2. The van der Waals surface area contributed by atoms with Crippen LogP contribution < -0.4 is 10.2 Å². The van der Waals surface area contributed by atoms with Crippen molar-refractivity contribution in [3.63, 3.8) is 0 Å². The van der Waals surface area contributed by atoms with Crippen molar-refractivity contribution in [2.75, 3.05) is 51.2 Å². The number of nitrogens with zero attached hydrogens (tertiary/aromatic N) is 4. The Bertz CT molecular complexity index is 1280. The first-order chi connectivity index (χ1) is 17.3. The molecule has 1 unspecified atom stereocenters. The van der Waals surface area contributed by atoms with Crippen molar-refractivity contribution in [2.45, 2.75) is 6.04 Å². The van der Waals surface area contributed by atoms with E-state index in [1.54, 1.807) is 48.3 Å². The number of halogens is 3. The molecule has 0 bridgehead atoms. The maximum Gasteiger partial charge on any atom is 0.322 e. The molecule has 8 nitrogen and oxygen atoms in total. The molecule has 3 heterocycles. The Morgan fingerprint density at radius 3 is 2.50 bits per heavy atom. The number of carbonyl (C=O) groups excluding carboxylic acids is 3. The lowest BCUT2D eigenvalue weighted by atomic mass is 9.95. The molecule has 2 aromatic rings. The van der Waals surface area contributed by atoms with E-state index in [9.17, 15) is 18.8 Å². The summed E-state index contributed by atoms with van der Waals surface area (Å²) in [4.78, 5) is 45.6. The zero-order valence-electron chi connectivity index (χ0n) is 19.5. The minimum absolute atomic E-state index is 0.121. The molecule has 5 rings (SSSR count).